The van der Waals surface area contributed by atoms with E-state index in [4.69, 9.17) is 0 Å². The number of carbonyl (C=O) groups is 2. The minimum Gasteiger partial charge on any atom is -0.425 e. The Bertz CT molecular complexity index is 235. The van der Waals surface area contributed by atoms with Gasteiger partial charge in [-0.3, -0.25) is 0 Å². The lowest BCUT2D eigenvalue weighted by Gasteiger charge is -2.04. The van der Waals surface area contributed by atoms with E-state index in [9.17, 15) is 9.59 Å². The van der Waals surface area contributed by atoms with Crippen molar-refractivity contribution in [3.05, 3.63) is 12.2 Å². The van der Waals surface area contributed by atoms with Gasteiger partial charge in [0.15, 0.2) is 0 Å². The van der Waals surface area contributed by atoms with Crippen LogP contribution in [0.5, 0.6) is 0 Å². The molecule has 0 rings (SSSR count). The Balaban J connectivity index is 3.59. The Labute approximate surface area is 86.6 Å². The van der Waals surface area contributed by atoms with Gasteiger partial charge in [-0.15, -0.1) is 0 Å². The van der Waals surface area contributed by atoms with Crippen LogP contribution in [-0.4, -0.2) is 37.0 Å². The molecule has 80 valence electrons. The van der Waals surface area contributed by atoms with Crippen molar-refractivity contribution in [2.75, 3.05) is 25.1 Å². The molecule has 0 spiro atoms. The van der Waals surface area contributed by atoms with Crippen molar-refractivity contribution in [3.63, 3.8) is 0 Å². The highest BCUT2D eigenvalue weighted by atomic mass is 32.2. The second-order valence-electron chi connectivity index (χ2n) is 2.98. The number of carbonyl (C=O) groups excluding carboxylic acids is 2. The van der Waals surface area contributed by atoms with Crippen molar-refractivity contribution in [1.82, 2.24) is 0 Å². The largest absolute Gasteiger partial charge is 0.425 e. The van der Waals surface area contributed by atoms with Gasteiger partial charge in [-0.2, -0.15) is 0 Å². The molecule has 0 aromatic rings. The second-order valence-corrected chi connectivity index (χ2v) is 5.24. The zero-order valence-corrected chi connectivity index (χ0v) is 9.48. The molecule has 0 aliphatic rings. The Morgan fingerprint density at radius 2 is 1.86 bits per heavy atom. The van der Waals surface area contributed by atoms with E-state index in [1.165, 1.54) is 6.92 Å². The van der Waals surface area contributed by atoms with Gasteiger partial charge in [0.25, 0.3) is 0 Å². The van der Waals surface area contributed by atoms with Crippen LogP contribution in [-0.2, 0) is 30.0 Å². The summed E-state index contributed by atoms with van der Waals surface area (Å²) in [5, 5.41) is 0. The van der Waals surface area contributed by atoms with E-state index in [2.05, 4.69) is 16.1 Å². The van der Waals surface area contributed by atoms with E-state index in [1.54, 1.807) is 0 Å². The highest BCUT2D eigenvalue weighted by Crippen LogP contribution is 1.93. The first kappa shape index (κ1) is 13.0. The monoisotopic (exact) mass is 219 g/mol. The highest BCUT2D eigenvalue weighted by Gasteiger charge is 2.13. The molecule has 0 aromatic carbocycles. The number of esters is 2. The van der Waals surface area contributed by atoms with Gasteiger partial charge in [-0.25, -0.2) is 9.59 Å². The molecule has 0 heterocycles. The lowest BCUT2D eigenvalue weighted by molar-refractivity contribution is -0.162. The topological polar surface area (TPSA) is 52.6 Å². The van der Waals surface area contributed by atoms with Gasteiger partial charge in [-0.1, -0.05) is 6.58 Å². The summed E-state index contributed by atoms with van der Waals surface area (Å²) < 4.78 is 9.23. The fraction of sp³-hybridized carbons (Fsp3) is 0.556. The molecular weight excluding hydrogens is 204 g/mol. The first-order valence-electron chi connectivity index (χ1n) is 3.96. The summed E-state index contributed by atoms with van der Waals surface area (Å²) in [5.74, 6) is -0.553. The molecule has 0 saturated carbocycles. The van der Waals surface area contributed by atoms with Crippen LogP contribution in [0.3, 0.4) is 0 Å². The van der Waals surface area contributed by atoms with Crippen molar-refractivity contribution in [2.45, 2.75) is 6.92 Å². The van der Waals surface area contributed by atoms with E-state index in [0.717, 1.165) is 0 Å². The fourth-order valence-corrected chi connectivity index (χ4v) is 1.10. The quantitative estimate of drug-likeness (QED) is 0.292. The van der Waals surface area contributed by atoms with Crippen LogP contribution in [0.4, 0.5) is 0 Å². The van der Waals surface area contributed by atoms with Gasteiger partial charge < -0.3 is 9.47 Å². The summed E-state index contributed by atoms with van der Waals surface area (Å²) >= 11 is 0. The van der Waals surface area contributed by atoms with Gasteiger partial charge in [0.05, 0.1) is 12.5 Å². The van der Waals surface area contributed by atoms with E-state index >= 15 is 0 Å². The average Bonchev–Trinajstić information content (AvgIpc) is 2.02. The standard InChI is InChI=1S/C9H15O4S/c1-7(2)9(11)13-6-12-8(10)5-14(3)4/h1,5-6H2,2-4H3/q+1. The molecule has 0 atom stereocenters. The number of rotatable bonds is 5. The molecule has 0 aliphatic carbocycles. The second kappa shape index (κ2) is 6.48. The van der Waals surface area contributed by atoms with E-state index in [-0.39, 0.29) is 29.2 Å². The van der Waals surface area contributed by atoms with Crippen LogP contribution in [0.1, 0.15) is 6.92 Å². The van der Waals surface area contributed by atoms with Gasteiger partial charge in [0.1, 0.15) is 0 Å². The molecule has 4 nitrogen and oxygen atoms in total. The Hall–Kier alpha value is -0.970. The predicted molar refractivity (Wildman–Crippen MR) is 55.9 cm³/mol. The van der Waals surface area contributed by atoms with Gasteiger partial charge in [0, 0.05) is 5.57 Å². The molecule has 0 amide bonds. The minimum atomic E-state index is -0.551. The summed E-state index contributed by atoms with van der Waals surface area (Å²) in [7, 11) is -0.00119. The SMILES string of the molecule is C=C(C)C(=O)OCOC(=O)C[S+](C)C. The smallest absolute Gasteiger partial charge is 0.359 e. The molecule has 0 radical (unpaired) electrons. The Morgan fingerprint density at radius 3 is 2.29 bits per heavy atom. The Morgan fingerprint density at radius 1 is 1.29 bits per heavy atom. The van der Waals surface area contributed by atoms with Crippen LogP contribution in [0, 0.1) is 0 Å². The molecule has 0 aromatic heterocycles. The lowest BCUT2D eigenvalue weighted by Crippen LogP contribution is -2.19. The van der Waals surface area contributed by atoms with Crippen molar-refractivity contribution in [3.8, 4) is 0 Å². The summed E-state index contributed by atoms with van der Waals surface area (Å²) in [5.41, 5.74) is 0.284. The molecule has 0 fully saturated rings. The maximum absolute atomic E-state index is 11.0. The van der Waals surface area contributed by atoms with Crippen molar-refractivity contribution < 1.29 is 19.1 Å². The van der Waals surface area contributed by atoms with Gasteiger partial charge >= 0.3 is 11.9 Å². The van der Waals surface area contributed by atoms with Crippen LogP contribution < -0.4 is 0 Å². The molecule has 0 aliphatic heterocycles. The number of ether oxygens (including phenoxy) is 2. The molecule has 14 heavy (non-hydrogen) atoms. The van der Waals surface area contributed by atoms with Crippen LogP contribution >= 0.6 is 0 Å². The first-order chi connectivity index (χ1) is 6.43. The van der Waals surface area contributed by atoms with Gasteiger partial charge in [-0.05, 0) is 17.8 Å². The number of hydrogen-bond acceptors (Lipinski definition) is 4. The summed E-state index contributed by atoms with van der Waals surface area (Å²) in [6.45, 7) is 4.58. The molecular formula is C9H15O4S+. The normalized spacial score (nSPS) is 9.71. The van der Waals surface area contributed by atoms with Crippen LogP contribution in [0.15, 0.2) is 12.2 Å². The Kier molecular flexibility index (Phi) is 6.03. The third-order valence-corrected chi connectivity index (χ3v) is 1.98. The molecule has 0 saturated heterocycles. The van der Waals surface area contributed by atoms with Crippen molar-refractivity contribution >= 4 is 22.8 Å². The molecule has 0 bridgehead atoms. The zero-order chi connectivity index (χ0) is 11.1. The van der Waals surface area contributed by atoms with Crippen molar-refractivity contribution in [1.29, 1.82) is 0 Å². The third-order valence-electron chi connectivity index (χ3n) is 1.16. The molecule has 5 heteroatoms. The first-order valence-corrected chi connectivity index (χ1v) is 6.17. The maximum atomic E-state index is 11.0. The predicted octanol–water partition coefficient (Wildman–Crippen LogP) is 0.484. The van der Waals surface area contributed by atoms with Gasteiger partial charge in [0.2, 0.25) is 12.5 Å². The maximum Gasteiger partial charge on any atom is 0.359 e. The van der Waals surface area contributed by atoms with E-state index < -0.39 is 5.97 Å². The minimum absolute atomic E-state index is 0.00119. The fourth-order valence-electron chi connectivity index (χ4n) is 0.549. The lowest BCUT2D eigenvalue weighted by atomic mass is 10.4. The van der Waals surface area contributed by atoms with E-state index in [1.807, 2.05) is 12.5 Å². The molecule has 0 unspecified atom stereocenters. The number of hydrogen-bond donors (Lipinski definition) is 0. The summed E-state index contributed by atoms with van der Waals surface area (Å²) in [4.78, 5) is 21.8. The summed E-state index contributed by atoms with van der Waals surface area (Å²) in [6, 6.07) is 0. The average molecular weight is 219 g/mol. The van der Waals surface area contributed by atoms with Crippen molar-refractivity contribution in [2.24, 2.45) is 0 Å². The van der Waals surface area contributed by atoms with Crippen LogP contribution in [0.25, 0.3) is 0 Å². The van der Waals surface area contributed by atoms with E-state index in [0.29, 0.717) is 5.75 Å². The van der Waals surface area contributed by atoms with Crippen LogP contribution in [0.2, 0.25) is 0 Å². The highest BCUT2D eigenvalue weighted by molar-refractivity contribution is 7.96. The molecule has 0 N–H and O–H groups in total. The summed E-state index contributed by atoms with van der Waals surface area (Å²) in [6.07, 6.45) is 3.86. The zero-order valence-electron chi connectivity index (χ0n) is 8.66. The third kappa shape index (κ3) is 6.54.